The Kier molecular flexibility index (Phi) is 4.49. The van der Waals surface area contributed by atoms with Gasteiger partial charge in [-0.1, -0.05) is 11.6 Å². The summed E-state index contributed by atoms with van der Waals surface area (Å²) in [5.41, 5.74) is 6.90. The van der Waals surface area contributed by atoms with E-state index in [1.54, 1.807) is 4.57 Å². The van der Waals surface area contributed by atoms with Gasteiger partial charge in [0, 0.05) is 43.2 Å². The van der Waals surface area contributed by atoms with Gasteiger partial charge < -0.3 is 20.5 Å². The number of hydrogen-bond acceptors (Lipinski definition) is 6. The minimum atomic E-state index is -0.420. The van der Waals surface area contributed by atoms with Crippen LogP contribution in [0.3, 0.4) is 0 Å². The van der Waals surface area contributed by atoms with Crippen LogP contribution in [0.2, 0.25) is 0 Å². The average Bonchev–Trinajstić information content (AvgIpc) is 2.84. The number of nitrogen functional groups attached to an aromatic ring is 1. The number of aliphatic hydroxyl groups is 2. The Morgan fingerprint density at radius 1 is 1.33 bits per heavy atom. The quantitative estimate of drug-likeness (QED) is 0.676. The summed E-state index contributed by atoms with van der Waals surface area (Å²) >= 11 is 0. The van der Waals surface area contributed by atoms with E-state index in [0.717, 1.165) is 0 Å². The number of nitrogens with zero attached hydrogens (tertiary/aromatic N) is 4. The van der Waals surface area contributed by atoms with Crippen molar-refractivity contribution < 1.29 is 32.0 Å². The first-order valence-electron chi connectivity index (χ1n) is 6.06. The summed E-state index contributed by atoms with van der Waals surface area (Å²) in [4.78, 5) is 12.0. The first-order valence-corrected chi connectivity index (χ1v) is 6.06. The average molecular weight is 330 g/mol. The largest absolute Gasteiger partial charge is 0.407 e. The molecule has 1 aliphatic rings. The first kappa shape index (κ1) is 15.7. The number of imidazole rings is 1. The van der Waals surface area contributed by atoms with Crippen molar-refractivity contribution in [1.29, 1.82) is 0 Å². The Balaban J connectivity index is 0.00000161. The maximum atomic E-state index is 13.0. The van der Waals surface area contributed by atoms with Crippen LogP contribution in [-0.4, -0.2) is 42.9 Å². The van der Waals surface area contributed by atoms with E-state index in [1.807, 2.05) is 0 Å². The van der Waals surface area contributed by atoms with Crippen LogP contribution in [0.15, 0.2) is 24.6 Å². The van der Waals surface area contributed by atoms with E-state index < -0.39 is 5.92 Å². The zero-order valence-corrected chi connectivity index (χ0v) is 12.1. The van der Waals surface area contributed by atoms with Crippen molar-refractivity contribution in [1.82, 2.24) is 19.5 Å². The van der Waals surface area contributed by atoms with Crippen LogP contribution in [0.1, 0.15) is 0 Å². The minimum absolute atomic E-state index is 0. The topological polar surface area (TPSA) is 110 Å². The summed E-state index contributed by atoms with van der Waals surface area (Å²) in [5, 5.41) is 18.7. The Morgan fingerprint density at radius 3 is 2.71 bits per heavy atom. The monoisotopic (exact) mass is 330 g/mol. The molecular formula is C12H13CrFN5O2-. The van der Waals surface area contributed by atoms with Crippen LogP contribution in [0.5, 0.6) is 0 Å². The second-order valence-corrected chi connectivity index (χ2v) is 4.57. The number of aliphatic hydroxyl groups excluding tert-OH is 2. The normalized spacial score (nSPS) is 23.2. The Hall–Kier alpha value is -1.66. The molecule has 7 nitrogen and oxygen atoms in total. The third-order valence-corrected chi connectivity index (χ3v) is 3.66. The molecule has 1 saturated carbocycles. The van der Waals surface area contributed by atoms with E-state index in [9.17, 15) is 14.6 Å². The molecule has 0 aromatic carbocycles. The zero-order chi connectivity index (χ0) is 14.3. The fraction of sp³-hybridized carbons (Fsp3) is 0.333. The molecule has 9 heteroatoms. The van der Waals surface area contributed by atoms with Crippen LogP contribution in [0.25, 0.3) is 11.2 Å². The van der Waals surface area contributed by atoms with Crippen molar-refractivity contribution in [3.8, 4) is 0 Å². The van der Waals surface area contributed by atoms with Crippen molar-refractivity contribution in [2.75, 3.05) is 18.9 Å². The van der Waals surface area contributed by atoms with Gasteiger partial charge in [0.15, 0.2) is 0 Å². The van der Waals surface area contributed by atoms with E-state index in [0.29, 0.717) is 29.1 Å². The molecule has 1 fully saturated rings. The number of rotatable bonds is 3. The molecule has 2 aromatic heterocycles. The Morgan fingerprint density at radius 2 is 2.10 bits per heavy atom. The van der Waals surface area contributed by atoms with Crippen molar-refractivity contribution in [3.63, 3.8) is 0 Å². The molecule has 0 spiro atoms. The minimum Gasteiger partial charge on any atom is -0.407 e. The maximum Gasteiger partial charge on any atom is 0.144 e. The third-order valence-electron chi connectivity index (χ3n) is 3.66. The molecule has 2 aromatic rings. The van der Waals surface area contributed by atoms with Gasteiger partial charge in [0.1, 0.15) is 12.1 Å². The number of nitrogens with two attached hydrogens (primary N) is 1. The van der Waals surface area contributed by atoms with Gasteiger partial charge in [0.05, 0.1) is 11.2 Å². The molecule has 0 bridgehead atoms. The molecule has 2 atom stereocenters. The number of hydrogen-bond donors (Lipinski definition) is 3. The molecule has 1 aliphatic carbocycles. The Labute approximate surface area is 130 Å². The fourth-order valence-electron chi connectivity index (χ4n) is 2.64. The number of anilines is 1. The molecule has 0 saturated heterocycles. The van der Waals surface area contributed by atoms with Crippen molar-refractivity contribution in [3.05, 3.63) is 30.6 Å². The van der Waals surface area contributed by atoms with Gasteiger partial charge in [-0.25, -0.2) is 4.98 Å². The number of aromatic nitrogens is 4. The SMILES string of the molecule is Nc1ncnc2c1ncn2[C-]1/C(=C\F)[C@@H](CO)[C@@H]1CO.[Cr]. The van der Waals surface area contributed by atoms with Crippen LogP contribution in [0, 0.1) is 17.9 Å². The second-order valence-electron chi connectivity index (χ2n) is 4.57. The summed E-state index contributed by atoms with van der Waals surface area (Å²) < 4.78 is 14.6. The predicted octanol–water partition coefficient (Wildman–Crippen LogP) is -0.130. The Bertz CT molecular complexity index is 677. The summed E-state index contributed by atoms with van der Waals surface area (Å²) in [7, 11) is 0. The second kappa shape index (κ2) is 5.99. The summed E-state index contributed by atoms with van der Waals surface area (Å²) in [5.74, 6) is -0.550. The predicted molar refractivity (Wildman–Crippen MR) is 68.7 cm³/mol. The molecule has 0 aliphatic heterocycles. The van der Waals surface area contributed by atoms with Crippen molar-refractivity contribution >= 4 is 17.0 Å². The smallest absolute Gasteiger partial charge is 0.144 e. The standard InChI is InChI=1S/C12H13FN5O2.Cr/c13-1-6-7(2-19)8(3-20)10(6)18-5-17-9-11(14)15-4-16-12(9)18;/h1,4-5,7-8,19-20H,2-3H2,(H2,14,15,16);/q-1;/b6-1-;/t7-,8+;/m1./s1. The summed E-state index contributed by atoms with van der Waals surface area (Å²) in [6.07, 6.45) is 3.20. The summed E-state index contributed by atoms with van der Waals surface area (Å²) in [6, 6.07) is 0.537. The number of fused-ring (bicyclic) bond motifs is 1. The zero-order valence-electron chi connectivity index (χ0n) is 10.8. The molecule has 21 heavy (non-hydrogen) atoms. The van der Waals surface area contributed by atoms with Gasteiger partial charge in [0.2, 0.25) is 0 Å². The van der Waals surface area contributed by atoms with Gasteiger partial charge in [-0.3, -0.25) is 14.4 Å². The van der Waals surface area contributed by atoms with E-state index in [4.69, 9.17) is 5.73 Å². The fourth-order valence-corrected chi connectivity index (χ4v) is 2.64. The van der Waals surface area contributed by atoms with Crippen LogP contribution < -0.4 is 5.73 Å². The van der Waals surface area contributed by atoms with Crippen LogP contribution in [0.4, 0.5) is 10.2 Å². The third kappa shape index (κ3) is 2.19. The molecule has 112 valence electrons. The van der Waals surface area contributed by atoms with E-state index in [1.165, 1.54) is 12.7 Å². The van der Waals surface area contributed by atoms with E-state index in [2.05, 4.69) is 15.0 Å². The van der Waals surface area contributed by atoms with Crippen LogP contribution >= 0.6 is 0 Å². The van der Waals surface area contributed by atoms with Gasteiger partial charge in [-0.2, -0.15) is 0 Å². The van der Waals surface area contributed by atoms with Gasteiger partial charge in [0.25, 0.3) is 0 Å². The van der Waals surface area contributed by atoms with Crippen molar-refractivity contribution in [2.45, 2.75) is 0 Å². The summed E-state index contributed by atoms with van der Waals surface area (Å²) in [6.45, 7) is -0.424. The molecular weight excluding hydrogens is 317 g/mol. The molecule has 0 amide bonds. The first-order chi connectivity index (χ1) is 9.72. The molecule has 0 unspecified atom stereocenters. The maximum absolute atomic E-state index is 13.0. The molecule has 2 heterocycles. The van der Waals surface area contributed by atoms with Crippen LogP contribution in [-0.2, 0) is 17.4 Å². The van der Waals surface area contributed by atoms with E-state index in [-0.39, 0.29) is 42.3 Å². The van der Waals surface area contributed by atoms with Gasteiger partial charge in [-0.15, -0.1) is 0 Å². The van der Waals surface area contributed by atoms with Gasteiger partial charge in [-0.05, 0) is 11.8 Å². The van der Waals surface area contributed by atoms with E-state index >= 15 is 0 Å². The van der Waals surface area contributed by atoms with Crippen molar-refractivity contribution in [2.24, 2.45) is 11.8 Å². The van der Waals surface area contributed by atoms with Gasteiger partial charge >= 0.3 is 0 Å². The molecule has 4 N–H and O–H groups in total. The number of halogens is 1. The molecule has 0 radical (unpaired) electrons. The molecule has 3 rings (SSSR count).